The standard InChI is InChI=1S/C11H18Si/c1-9(2)7-8-12(10(3)4)11(5)6/h11-12H,1,3H2,2,4-6H3. The van der Waals surface area contributed by atoms with E-state index < -0.39 is 8.80 Å². The summed E-state index contributed by atoms with van der Waals surface area (Å²) in [4.78, 5) is 0. The fourth-order valence-electron chi connectivity index (χ4n) is 1.06. The van der Waals surface area contributed by atoms with Crippen LogP contribution < -0.4 is 0 Å². The molecule has 1 heteroatoms. The Morgan fingerprint density at radius 3 is 2.00 bits per heavy atom. The van der Waals surface area contributed by atoms with Crippen molar-refractivity contribution >= 4 is 8.80 Å². The molecule has 1 unspecified atom stereocenters. The third-order valence-corrected chi connectivity index (χ3v) is 4.49. The fraction of sp³-hybridized carbons (Fsp3) is 0.455. The molecule has 0 aliphatic rings. The van der Waals surface area contributed by atoms with E-state index in [0.717, 1.165) is 5.57 Å². The third kappa shape index (κ3) is 4.20. The molecule has 0 aromatic heterocycles. The van der Waals surface area contributed by atoms with Gasteiger partial charge in [-0.15, -0.1) is 12.1 Å². The maximum Gasteiger partial charge on any atom is 0.151 e. The molecule has 0 spiro atoms. The van der Waals surface area contributed by atoms with E-state index in [9.17, 15) is 0 Å². The molecule has 0 aromatic carbocycles. The first kappa shape index (κ1) is 11.3. The minimum absolute atomic E-state index is 0.675. The summed E-state index contributed by atoms with van der Waals surface area (Å²) in [7, 11) is -1.05. The summed E-state index contributed by atoms with van der Waals surface area (Å²) in [6.45, 7) is 16.2. The van der Waals surface area contributed by atoms with Gasteiger partial charge < -0.3 is 0 Å². The summed E-state index contributed by atoms with van der Waals surface area (Å²) >= 11 is 0. The van der Waals surface area contributed by atoms with Gasteiger partial charge in [0.05, 0.1) is 0 Å². The Labute approximate surface area is 78.0 Å². The number of rotatable bonds is 2. The zero-order valence-electron chi connectivity index (χ0n) is 8.57. The van der Waals surface area contributed by atoms with E-state index in [2.05, 4.69) is 45.4 Å². The van der Waals surface area contributed by atoms with Crippen molar-refractivity contribution in [1.29, 1.82) is 0 Å². The van der Waals surface area contributed by atoms with Gasteiger partial charge in [0, 0.05) is 0 Å². The monoisotopic (exact) mass is 178 g/mol. The van der Waals surface area contributed by atoms with Gasteiger partial charge in [-0.3, -0.25) is 0 Å². The van der Waals surface area contributed by atoms with Crippen LogP contribution >= 0.6 is 0 Å². The minimum Gasteiger partial charge on any atom is -0.125 e. The van der Waals surface area contributed by atoms with Crippen molar-refractivity contribution in [2.75, 3.05) is 0 Å². The van der Waals surface area contributed by atoms with Crippen LogP contribution in [0.3, 0.4) is 0 Å². The van der Waals surface area contributed by atoms with Crippen LogP contribution in [0, 0.1) is 11.5 Å². The van der Waals surface area contributed by atoms with Crippen molar-refractivity contribution in [2.45, 2.75) is 33.2 Å². The van der Waals surface area contributed by atoms with Crippen molar-refractivity contribution in [3.05, 3.63) is 23.9 Å². The maximum absolute atomic E-state index is 3.98. The smallest absolute Gasteiger partial charge is 0.125 e. The van der Waals surface area contributed by atoms with Crippen molar-refractivity contribution in [3.63, 3.8) is 0 Å². The normalized spacial score (nSPS) is 11.8. The summed E-state index contributed by atoms with van der Waals surface area (Å²) in [6, 6.07) is 0. The van der Waals surface area contributed by atoms with E-state index in [-0.39, 0.29) is 0 Å². The van der Waals surface area contributed by atoms with Gasteiger partial charge in [0.1, 0.15) is 0 Å². The van der Waals surface area contributed by atoms with Crippen LogP contribution in [0.25, 0.3) is 0 Å². The molecule has 1 atom stereocenters. The summed E-state index contributed by atoms with van der Waals surface area (Å²) in [6.07, 6.45) is 0. The molecular weight excluding hydrogens is 160 g/mol. The molecule has 0 rings (SSSR count). The molecule has 0 aromatic rings. The van der Waals surface area contributed by atoms with Gasteiger partial charge in [-0.1, -0.05) is 31.5 Å². The van der Waals surface area contributed by atoms with Crippen molar-refractivity contribution in [3.8, 4) is 11.5 Å². The quantitative estimate of drug-likeness (QED) is 0.450. The summed E-state index contributed by atoms with van der Waals surface area (Å²) in [5, 5.41) is 1.28. The first-order valence-electron chi connectivity index (χ1n) is 4.27. The Kier molecular flexibility index (Phi) is 4.69. The largest absolute Gasteiger partial charge is 0.151 e. The topological polar surface area (TPSA) is 0 Å². The molecule has 0 radical (unpaired) electrons. The van der Waals surface area contributed by atoms with E-state index in [1.54, 1.807) is 0 Å². The van der Waals surface area contributed by atoms with E-state index >= 15 is 0 Å². The Bertz CT molecular complexity index is 237. The predicted octanol–water partition coefficient (Wildman–Crippen LogP) is 2.86. The summed E-state index contributed by atoms with van der Waals surface area (Å²) in [5.41, 5.74) is 4.94. The number of hydrogen-bond acceptors (Lipinski definition) is 0. The second-order valence-electron chi connectivity index (χ2n) is 3.62. The van der Waals surface area contributed by atoms with Crippen LogP contribution in [0.1, 0.15) is 27.7 Å². The molecule has 12 heavy (non-hydrogen) atoms. The molecule has 0 bridgehead atoms. The van der Waals surface area contributed by atoms with Crippen molar-refractivity contribution in [2.24, 2.45) is 0 Å². The average Bonchev–Trinajstić information content (AvgIpc) is 1.84. The zero-order valence-corrected chi connectivity index (χ0v) is 9.72. The van der Waals surface area contributed by atoms with Crippen molar-refractivity contribution < 1.29 is 0 Å². The molecule has 66 valence electrons. The van der Waals surface area contributed by atoms with Gasteiger partial charge in [-0.2, -0.15) is 0 Å². The van der Waals surface area contributed by atoms with Crippen LogP contribution in [-0.4, -0.2) is 8.80 Å². The lowest BCUT2D eigenvalue weighted by Gasteiger charge is -2.11. The van der Waals surface area contributed by atoms with E-state index in [1.165, 1.54) is 5.20 Å². The average molecular weight is 178 g/mol. The van der Waals surface area contributed by atoms with Crippen LogP contribution in [0.2, 0.25) is 5.54 Å². The third-order valence-electron chi connectivity index (χ3n) is 1.64. The Hall–Kier alpha value is -0.743. The van der Waals surface area contributed by atoms with Crippen LogP contribution in [0.5, 0.6) is 0 Å². The van der Waals surface area contributed by atoms with Gasteiger partial charge >= 0.3 is 0 Å². The van der Waals surface area contributed by atoms with Crippen molar-refractivity contribution in [1.82, 2.24) is 0 Å². The number of allylic oxidation sites excluding steroid dienone is 2. The Balaban J connectivity index is 4.47. The highest BCUT2D eigenvalue weighted by Gasteiger charge is 2.12. The lowest BCUT2D eigenvalue weighted by atomic mass is 10.4. The SMILES string of the molecule is C=C(C)C#C[SiH](C(=C)C)C(C)C. The molecule has 0 amide bonds. The van der Waals surface area contributed by atoms with Gasteiger partial charge in [-0.05, 0) is 25.0 Å². The van der Waals surface area contributed by atoms with E-state index in [1.807, 2.05) is 6.92 Å². The highest BCUT2D eigenvalue weighted by Crippen LogP contribution is 2.12. The molecule has 0 nitrogen and oxygen atoms in total. The fourth-order valence-corrected chi connectivity index (χ4v) is 3.18. The molecule has 0 aliphatic carbocycles. The van der Waals surface area contributed by atoms with E-state index in [4.69, 9.17) is 0 Å². The highest BCUT2D eigenvalue weighted by molar-refractivity contribution is 6.75. The first-order chi connectivity index (χ1) is 5.45. The molecule has 0 saturated heterocycles. The van der Waals surface area contributed by atoms with Gasteiger partial charge in [0.15, 0.2) is 8.80 Å². The first-order valence-corrected chi connectivity index (χ1v) is 6.09. The summed E-state index contributed by atoms with van der Waals surface area (Å²) in [5.74, 6) is 3.06. The number of hydrogen-bond donors (Lipinski definition) is 0. The molecule has 0 heterocycles. The second-order valence-corrected chi connectivity index (χ2v) is 7.18. The highest BCUT2D eigenvalue weighted by atomic mass is 28.3. The molecule has 0 N–H and O–H groups in total. The summed E-state index contributed by atoms with van der Waals surface area (Å²) < 4.78 is 0. The Morgan fingerprint density at radius 2 is 1.75 bits per heavy atom. The van der Waals surface area contributed by atoms with Crippen LogP contribution in [0.4, 0.5) is 0 Å². The maximum atomic E-state index is 3.98. The minimum atomic E-state index is -1.05. The van der Waals surface area contributed by atoms with E-state index in [0.29, 0.717) is 5.54 Å². The van der Waals surface area contributed by atoms with Crippen LogP contribution in [-0.2, 0) is 0 Å². The molecule has 0 saturated carbocycles. The molecular formula is C11H18Si. The van der Waals surface area contributed by atoms with Gasteiger partial charge in [0.2, 0.25) is 0 Å². The zero-order chi connectivity index (χ0) is 9.72. The lowest BCUT2D eigenvalue weighted by molar-refractivity contribution is 1.05. The second kappa shape index (κ2) is 5.00. The van der Waals surface area contributed by atoms with Crippen LogP contribution in [0.15, 0.2) is 23.9 Å². The lowest BCUT2D eigenvalue weighted by Crippen LogP contribution is -2.16. The Morgan fingerprint density at radius 1 is 1.25 bits per heavy atom. The predicted molar refractivity (Wildman–Crippen MR) is 59.7 cm³/mol. The van der Waals surface area contributed by atoms with Gasteiger partial charge in [-0.25, -0.2) is 0 Å². The molecule has 0 aliphatic heterocycles. The molecule has 0 fully saturated rings. The van der Waals surface area contributed by atoms with Gasteiger partial charge in [0.25, 0.3) is 0 Å².